The SMILES string of the molecule is C=C(CN1CNC(NC)=C1C(=O)NC)NC1NC(c2ccc(Cl)c(Cl)c2)=C(CC(=O)OC)S1. The van der Waals surface area contributed by atoms with Gasteiger partial charge < -0.3 is 36.2 Å². The van der Waals surface area contributed by atoms with E-state index in [1.807, 2.05) is 11.0 Å². The topological polar surface area (TPSA) is 107 Å². The maximum atomic E-state index is 12.3. The number of esters is 1. The molecule has 2 heterocycles. The number of methoxy groups -OCH3 is 1. The lowest BCUT2D eigenvalue weighted by Crippen LogP contribution is -2.40. The zero-order chi connectivity index (χ0) is 24.1. The molecule has 0 aromatic heterocycles. The number of likely N-dealkylation sites (N-methyl/N-ethyl adjacent to an activating group) is 1. The van der Waals surface area contributed by atoms with Gasteiger partial charge in [-0.3, -0.25) is 9.59 Å². The van der Waals surface area contributed by atoms with Gasteiger partial charge in [-0.15, -0.1) is 0 Å². The molecule has 178 valence electrons. The number of carbonyl (C=O) groups excluding carboxylic acids is 2. The summed E-state index contributed by atoms with van der Waals surface area (Å²) in [5.41, 5.74) is 2.48. The molecular weight excluding hydrogens is 487 g/mol. The summed E-state index contributed by atoms with van der Waals surface area (Å²) in [6.07, 6.45) is 0.111. The van der Waals surface area contributed by atoms with Crippen LogP contribution in [0.3, 0.4) is 0 Å². The van der Waals surface area contributed by atoms with Crippen molar-refractivity contribution in [2.75, 3.05) is 34.4 Å². The van der Waals surface area contributed by atoms with E-state index in [1.165, 1.54) is 18.9 Å². The molecule has 0 saturated heterocycles. The molecule has 1 aromatic rings. The van der Waals surface area contributed by atoms with Crippen LogP contribution in [0.25, 0.3) is 5.70 Å². The minimum atomic E-state index is -0.348. The lowest BCUT2D eigenvalue weighted by atomic mass is 10.1. The molecule has 1 aromatic carbocycles. The highest BCUT2D eigenvalue weighted by atomic mass is 35.5. The molecule has 0 spiro atoms. The van der Waals surface area contributed by atoms with Crippen LogP contribution in [0.15, 0.2) is 46.9 Å². The number of hydrogen-bond acceptors (Lipinski definition) is 9. The number of benzene rings is 1. The Bertz CT molecular complexity index is 1030. The van der Waals surface area contributed by atoms with E-state index >= 15 is 0 Å². The second kappa shape index (κ2) is 11.0. The fourth-order valence-electron chi connectivity index (χ4n) is 3.41. The van der Waals surface area contributed by atoms with Crippen LogP contribution in [0.4, 0.5) is 0 Å². The lowest BCUT2D eigenvalue weighted by molar-refractivity contribution is -0.139. The van der Waals surface area contributed by atoms with Crippen molar-refractivity contribution in [1.82, 2.24) is 31.5 Å². The summed E-state index contributed by atoms with van der Waals surface area (Å²) in [5.74, 6) is 0.105. The molecule has 2 aliphatic rings. The molecule has 2 aliphatic heterocycles. The largest absolute Gasteiger partial charge is 0.469 e. The number of halogens is 2. The maximum absolute atomic E-state index is 12.3. The van der Waals surface area contributed by atoms with Crippen LogP contribution in [0, 0.1) is 0 Å². The summed E-state index contributed by atoms with van der Waals surface area (Å²) in [6, 6.07) is 5.29. The van der Waals surface area contributed by atoms with Gasteiger partial charge in [0.05, 0.1) is 42.5 Å². The number of ether oxygens (including phenoxy) is 1. The van der Waals surface area contributed by atoms with Crippen molar-refractivity contribution in [1.29, 1.82) is 0 Å². The Balaban J connectivity index is 1.71. The van der Waals surface area contributed by atoms with Crippen LogP contribution in [0.1, 0.15) is 12.0 Å². The third-order valence-corrected chi connectivity index (χ3v) is 6.81. The molecular formula is C21H26Cl2N6O3S. The summed E-state index contributed by atoms with van der Waals surface area (Å²) in [7, 11) is 4.69. The molecule has 1 amide bonds. The Morgan fingerprint density at radius 2 is 2.06 bits per heavy atom. The Morgan fingerprint density at radius 3 is 2.70 bits per heavy atom. The Morgan fingerprint density at radius 1 is 1.30 bits per heavy atom. The first-order valence-corrected chi connectivity index (χ1v) is 11.7. The minimum absolute atomic E-state index is 0.111. The highest BCUT2D eigenvalue weighted by Crippen LogP contribution is 2.38. The van der Waals surface area contributed by atoms with Crippen LogP contribution < -0.4 is 26.6 Å². The quantitative estimate of drug-likeness (QED) is 0.317. The number of nitrogens with one attached hydrogen (secondary N) is 5. The van der Waals surface area contributed by atoms with Gasteiger partial charge in [0.25, 0.3) is 5.91 Å². The third-order valence-electron chi connectivity index (χ3n) is 4.96. The van der Waals surface area contributed by atoms with Crippen LogP contribution in [0.2, 0.25) is 10.0 Å². The number of amides is 1. The number of rotatable bonds is 9. The highest BCUT2D eigenvalue weighted by molar-refractivity contribution is 8.04. The predicted molar refractivity (Wildman–Crippen MR) is 132 cm³/mol. The maximum Gasteiger partial charge on any atom is 0.310 e. The van der Waals surface area contributed by atoms with Crippen LogP contribution >= 0.6 is 35.0 Å². The van der Waals surface area contributed by atoms with Crippen LogP contribution in [0.5, 0.6) is 0 Å². The van der Waals surface area contributed by atoms with Gasteiger partial charge in [0.1, 0.15) is 17.0 Å². The standard InChI is InChI=1S/C21H26Cl2N6O3S/c1-11(9-29-10-26-19(24-2)18(29)20(31)25-3)27-21-28-17(15(33-21)8-16(30)32-4)12-5-6-13(22)14(23)7-12/h5-7,21,24,26-28H,1,8-10H2,2-4H3,(H,25,31). The first-order valence-electron chi connectivity index (χ1n) is 10.0. The highest BCUT2D eigenvalue weighted by Gasteiger charge is 2.30. The number of nitrogens with zero attached hydrogens (tertiary/aromatic N) is 1. The van der Waals surface area contributed by atoms with Gasteiger partial charge in [-0.1, -0.05) is 47.6 Å². The van der Waals surface area contributed by atoms with Crippen LogP contribution in [-0.4, -0.2) is 56.7 Å². The predicted octanol–water partition coefficient (Wildman–Crippen LogP) is 1.95. The first-order chi connectivity index (χ1) is 15.8. The Hall–Kier alpha value is -2.69. The van der Waals surface area contributed by atoms with E-state index in [4.69, 9.17) is 27.9 Å². The van der Waals surface area contributed by atoms with Crippen molar-refractivity contribution in [3.05, 3.63) is 62.5 Å². The second-order valence-electron chi connectivity index (χ2n) is 7.16. The van der Waals surface area contributed by atoms with Crippen molar-refractivity contribution >= 4 is 52.5 Å². The van der Waals surface area contributed by atoms with E-state index in [2.05, 4.69) is 33.2 Å². The van der Waals surface area contributed by atoms with Gasteiger partial charge in [-0.05, 0) is 12.1 Å². The van der Waals surface area contributed by atoms with E-state index in [-0.39, 0.29) is 23.8 Å². The molecule has 5 N–H and O–H groups in total. The molecule has 3 rings (SSSR count). The summed E-state index contributed by atoms with van der Waals surface area (Å²) in [6.45, 7) is 4.98. The second-order valence-corrected chi connectivity index (χ2v) is 9.17. The van der Waals surface area contributed by atoms with Crippen molar-refractivity contribution in [2.45, 2.75) is 11.9 Å². The molecule has 1 atom stereocenters. The number of thioether (sulfide) groups is 1. The minimum Gasteiger partial charge on any atom is -0.469 e. The molecule has 0 radical (unpaired) electrons. The van der Waals surface area contributed by atoms with Crippen LogP contribution in [-0.2, 0) is 14.3 Å². The lowest BCUT2D eigenvalue weighted by Gasteiger charge is -2.24. The van der Waals surface area contributed by atoms with Crippen molar-refractivity contribution in [3.63, 3.8) is 0 Å². The van der Waals surface area contributed by atoms with Gasteiger partial charge in [-0.25, -0.2) is 0 Å². The molecule has 0 bridgehead atoms. The monoisotopic (exact) mass is 512 g/mol. The molecule has 0 aliphatic carbocycles. The third kappa shape index (κ3) is 5.82. The zero-order valence-corrected chi connectivity index (χ0v) is 20.8. The van der Waals surface area contributed by atoms with Gasteiger partial charge in [-0.2, -0.15) is 0 Å². The molecule has 1 unspecified atom stereocenters. The average Bonchev–Trinajstić information content (AvgIpc) is 3.38. The smallest absolute Gasteiger partial charge is 0.310 e. The summed E-state index contributed by atoms with van der Waals surface area (Å²) >= 11 is 13.7. The fourth-order valence-corrected chi connectivity index (χ4v) is 4.89. The molecule has 9 nitrogen and oxygen atoms in total. The van der Waals surface area contributed by atoms with Crippen molar-refractivity contribution in [3.8, 4) is 0 Å². The summed E-state index contributed by atoms with van der Waals surface area (Å²) < 4.78 is 4.85. The molecule has 0 fully saturated rings. The first kappa shape index (κ1) is 24.9. The van der Waals surface area contributed by atoms with E-state index in [0.29, 0.717) is 40.5 Å². The van der Waals surface area contributed by atoms with Gasteiger partial charge in [0, 0.05) is 30.3 Å². The van der Waals surface area contributed by atoms with E-state index in [1.54, 1.807) is 26.2 Å². The number of carbonyl (C=O) groups is 2. The average molecular weight is 513 g/mol. The summed E-state index contributed by atoms with van der Waals surface area (Å²) in [4.78, 5) is 27.0. The Labute approximate surface area is 207 Å². The summed E-state index contributed by atoms with van der Waals surface area (Å²) in [5, 5.41) is 16.4. The van der Waals surface area contributed by atoms with Gasteiger partial charge in [0.15, 0.2) is 0 Å². The molecule has 33 heavy (non-hydrogen) atoms. The van der Waals surface area contributed by atoms with E-state index in [9.17, 15) is 9.59 Å². The van der Waals surface area contributed by atoms with Crippen molar-refractivity contribution < 1.29 is 14.3 Å². The Kier molecular flexibility index (Phi) is 8.28. The van der Waals surface area contributed by atoms with Gasteiger partial charge in [0.2, 0.25) is 0 Å². The molecule has 0 saturated carbocycles. The van der Waals surface area contributed by atoms with Crippen molar-refractivity contribution in [2.24, 2.45) is 0 Å². The van der Waals surface area contributed by atoms with E-state index in [0.717, 1.165) is 16.2 Å². The zero-order valence-electron chi connectivity index (χ0n) is 18.5. The fraction of sp³-hybridized carbons (Fsp3) is 0.333. The van der Waals surface area contributed by atoms with E-state index < -0.39 is 0 Å². The number of hydrogen-bond donors (Lipinski definition) is 5. The van der Waals surface area contributed by atoms with Gasteiger partial charge >= 0.3 is 5.97 Å². The normalized spacial score (nSPS) is 17.5. The molecule has 12 heteroatoms.